The third-order valence-corrected chi connectivity index (χ3v) is 3.62. The van der Waals surface area contributed by atoms with Crippen LogP contribution in [0, 0.1) is 6.92 Å². The van der Waals surface area contributed by atoms with E-state index in [4.69, 9.17) is 5.73 Å². The molecule has 0 spiro atoms. The summed E-state index contributed by atoms with van der Waals surface area (Å²) < 4.78 is 0. The largest absolute Gasteiger partial charge is 0.398 e. The van der Waals surface area contributed by atoms with Crippen LogP contribution in [0.1, 0.15) is 20.8 Å². The van der Waals surface area contributed by atoms with Crippen molar-refractivity contribution in [2.45, 2.75) is 13.3 Å². The molecule has 4 heteroatoms. The van der Waals surface area contributed by atoms with Gasteiger partial charge in [0.05, 0.1) is 5.56 Å². The third-order valence-electron chi connectivity index (χ3n) is 2.69. The number of thiophene rings is 1. The van der Waals surface area contributed by atoms with Crippen LogP contribution in [0.3, 0.4) is 0 Å². The molecule has 2 aromatic rings. The maximum Gasteiger partial charge on any atom is 0.253 e. The predicted octanol–water partition coefficient (Wildman–Crippen LogP) is 2.61. The minimum atomic E-state index is -0.107. The fraction of sp³-hybridized carbons (Fsp3) is 0.214. The zero-order valence-corrected chi connectivity index (χ0v) is 11.1. The molecule has 0 atom stereocenters. The van der Waals surface area contributed by atoms with Crippen molar-refractivity contribution >= 4 is 22.9 Å². The van der Waals surface area contributed by atoms with Gasteiger partial charge in [-0.3, -0.25) is 4.79 Å². The molecule has 0 radical (unpaired) electrons. The summed E-state index contributed by atoms with van der Waals surface area (Å²) in [7, 11) is 0. The molecule has 0 bridgehead atoms. The fourth-order valence-electron chi connectivity index (χ4n) is 1.74. The molecule has 0 saturated carbocycles. The van der Waals surface area contributed by atoms with E-state index in [2.05, 4.69) is 11.4 Å². The highest BCUT2D eigenvalue weighted by molar-refractivity contribution is 7.09. The highest BCUT2D eigenvalue weighted by Crippen LogP contribution is 2.13. The molecule has 1 aromatic carbocycles. The minimum absolute atomic E-state index is 0.107. The van der Waals surface area contributed by atoms with Gasteiger partial charge in [-0.2, -0.15) is 0 Å². The van der Waals surface area contributed by atoms with Gasteiger partial charge < -0.3 is 11.1 Å². The molecule has 3 nitrogen and oxygen atoms in total. The number of nitrogens with one attached hydrogen (secondary N) is 1. The predicted molar refractivity (Wildman–Crippen MR) is 75.9 cm³/mol. The molecule has 2 rings (SSSR count). The van der Waals surface area contributed by atoms with Crippen LogP contribution in [0.15, 0.2) is 35.7 Å². The van der Waals surface area contributed by atoms with Gasteiger partial charge in [0.15, 0.2) is 0 Å². The number of rotatable bonds is 4. The van der Waals surface area contributed by atoms with Gasteiger partial charge in [0.2, 0.25) is 0 Å². The lowest BCUT2D eigenvalue weighted by Gasteiger charge is -2.07. The fourth-order valence-corrected chi connectivity index (χ4v) is 2.45. The highest BCUT2D eigenvalue weighted by Gasteiger charge is 2.08. The van der Waals surface area contributed by atoms with Gasteiger partial charge >= 0.3 is 0 Å². The molecular weight excluding hydrogens is 244 g/mol. The molecule has 0 aliphatic rings. The Hall–Kier alpha value is -1.81. The van der Waals surface area contributed by atoms with Crippen molar-refractivity contribution in [1.29, 1.82) is 0 Å². The monoisotopic (exact) mass is 260 g/mol. The van der Waals surface area contributed by atoms with Gasteiger partial charge in [0.25, 0.3) is 5.91 Å². The molecular formula is C14H16N2OS. The maximum absolute atomic E-state index is 11.9. The molecule has 0 aliphatic carbocycles. The molecule has 94 valence electrons. The van der Waals surface area contributed by atoms with Gasteiger partial charge in [-0.05, 0) is 42.5 Å². The summed E-state index contributed by atoms with van der Waals surface area (Å²) in [5.41, 5.74) is 7.97. The summed E-state index contributed by atoms with van der Waals surface area (Å²) in [5.74, 6) is -0.107. The van der Waals surface area contributed by atoms with Crippen LogP contribution >= 0.6 is 11.3 Å². The van der Waals surface area contributed by atoms with Gasteiger partial charge in [-0.15, -0.1) is 11.3 Å². The zero-order chi connectivity index (χ0) is 13.0. The minimum Gasteiger partial charge on any atom is -0.398 e. The lowest BCUT2D eigenvalue weighted by Crippen LogP contribution is -2.26. The van der Waals surface area contributed by atoms with E-state index < -0.39 is 0 Å². The van der Waals surface area contributed by atoms with Crippen LogP contribution in [0.5, 0.6) is 0 Å². The summed E-state index contributed by atoms with van der Waals surface area (Å²) in [6.07, 6.45) is 0.856. The number of aryl methyl sites for hydroxylation is 1. The van der Waals surface area contributed by atoms with Crippen LogP contribution in [0.25, 0.3) is 0 Å². The average molecular weight is 260 g/mol. The summed E-state index contributed by atoms with van der Waals surface area (Å²) >= 11 is 1.70. The van der Waals surface area contributed by atoms with Gasteiger partial charge in [0.1, 0.15) is 0 Å². The highest BCUT2D eigenvalue weighted by atomic mass is 32.1. The molecule has 1 amide bonds. The Bertz CT molecular complexity index is 535. The Morgan fingerprint density at radius 1 is 1.39 bits per heavy atom. The number of anilines is 1. The Kier molecular flexibility index (Phi) is 3.99. The Morgan fingerprint density at radius 3 is 2.89 bits per heavy atom. The van der Waals surface area contributed by atoms with Crippen molar-refractivity contribution in [3.05, 3.63) is 51.7 Å². The SMILES string of the molecule is Cc1ccc(C(=O)NCCc2cccs2)c(N)c1. The lowest BCUT2D eigenvalue weighted by atomic mass is 10.1. The number of nitrogen functional groups attached to an aromatic ring is 1. The average Bonchev–Trinajstić information content (AvgIpc) is 2.81. The number of hydrogen-bond donors (Lipinski definition) is 2. The van der Waals surface area contributed by atoms with Gasteiger partial charge in [0, 0.05) is 17.1 Å². The molecule has 1 aromatic heterocycles. The van der Waals surface area contributed by atoms with E-state index in [-0.39, 0.29) is 5.91 Å². The van der Waals surface area contributed by atoms with Crippen LogP contribution in [-0.2, 0) is 6.42 Å². The summed E-state index contributed by atoms with van der Waals surface area (Å²) in [6.45, 7) is 2.58. The first-order valence-electron chi connectivity index (χ1n) is 5.83. The molecule has 0 aliphatic heterocycles. The van der Waals surface area contributed by atoms with Crippen molar-refractivity contribution in [1.82, 2.24) is 5.32 Å². The van der Waals surface area contributed by atoms with E-state index in [1.807, 2.05) is 30.5 Å². The summed E-state index contributed by atoms with van der Waals surface area (Å²) in [6, 6.07) is 9.56. The molecule has 0 saturated heterocycles. The molecule has 0 fully saturated rings. The summed E-state index contributed by atoms with van der Waals surface area (Å²) in [4.78, 5) is 13.2. The van der Waals surface area contributed by atoms with Crippen molar-refractivity contribution < 1.29 is 4.79 Å². The molecule has 18 heavy (non-hydrogen) atoms. The quantitative estimate of drug-likeness (QED) is 0.830. The van der Waals surface area contributed by atoms with Crippen LogP contribution in [0.4, 0.5) is 5.69 Å². The van der Waals surface area contributed by atoms with Crippen molar-refractivity contribution in [2.24, 2.45) is 0 Å². The molecule has 1 heterocycles. The number of carbonyl (C=O) groups excluding carboxylic acids is 1. The molecule has 3 N–H and O–H groups in total. The third kappa shape index (κ3) is 3.11. The topological polar surface area (TPSA) is 55.1 Å². The van der Waals surface area contributed by atoms with Crippen LogP contribution in [0.2, 0.25) is 0 Å². The summed E-state index contributed by atoms with van der Waals surface area (Å²) in [5, 5.41) is 4.92. The van der Waals surface area contributed by atoms with E-state index in [0.717, 1.165) is 12.0 Å². The van der Waals surface area contributed by atoms with E-state index in [0.29, 0.717) is 17.8 Å². The van der Waals surface area contributed by atoms with Gasteiger partial charge in [-0.25, -0.2) is 0 Å². The van der Waals surface area contributed by atoms with Crippen molar-refractivity contribution in [3.8, 4) is 0 Å². The second kappa shape index (κ2) is 5.69. The first-order chi connectivity index (χ1) is 8.66. The standard InChI is InChI=1S/C14H16N2OS/c1-10-4-5-12(13(15)9-10)14(17)16-7-6-11-3-2-8-18-11/h2-5,8-9H,6-7,15H2,1H3,(H,16,17). The van der Waals surface area contributed by atoms with Gasteiger partial charge in [-0.1, -0.05) is 12.1 Å². The van der Waals surface area contributed by atoms with E-state index >= 15 is 0 Å². The molecule has 0 unspecified atom stereocenters. The maximum atomic E-state index is 11.9. The number of hydrogen-bond acceptors (Lipinski definition) is 3. The van der Waals surface area contributed by atoms with E-state index in [1.54, 1.807) is 17.4 Å². The van der Waals surface area contributed by atoms with Crippen LogP contribution in [-0.4, -0.2) is 12.5 Å². The lowest BCUT2D eigenvalue weighted by molar-refractivity contribution is 0.0955. The second-order valence-corrected chi connectivity index (χ2v) is 5.21. The number of carbonyl (C=O) groups is 1. The Morgan fingerprint density at radius 2 is 2.22 bits per heavy atom. The van der Waals surface area contributed by atoms with Crippen LogP contribution < -0.4 is 11.1 Å². The second-order valence-electron chi connectivity index (χ2n) is 4.18. The number of amides is 1. The van der Waals surface area contributed by atoms with E-state index in [1.165, 1.54) is 4.88 Å². The first kappa shape index (κ1) is 12.6. The number of benzene rings is 1. The smallest absolute Gasteiger partial charge is 0.253 e. The van der Waals surface area contributed by atoms with E-state index in [9.17, 15) is 4.79 Å². The van der Waals surface area contributed by atoms with Crippen molar-refractivity contribution in [2.75, 3.05) is 12.3 Å². The first-order valence-corrected chi connectivity index (χ1v) is 6.71. The van der Waals surface area contributed by atoms with Crippen molar-refractivity contribution in [3.63, 3.8) is 0 Å². The number of nitrogens with two attached hydrogens (primary N) is 1. The Labute approximate surface area is 111 Å². The zero-order valence-electron chi connectivity index (χ0n) is 10.3. The normalized spacial score (nSPS) is 10.3. The Balaban J connectivity index is 1.91.